The van der Waals surface area contributed by atoms with Crippen molar-refractivity contribution in [1.82, 2.24) is 0 Å². The Morgan fingerprint density at radius 2 is 0.613 bits per heavy atom. The van der Waals surface area contributed by atoms with Crippen LogP contribution in [0, 0.1) is 0 Å². The average molecular weight is 803 g/mol. The van der Waals surface area contributed by atoms with Crippen molar-refractivity contribution in [3.05, 3.63) is 229 Å². The molecule has 0 aliphatic carbocycles. The molecule has 0 heterocycles. The molecule has 9 aromatic carbocycles. The first-order chi connectivity index (χ1) is 30.0. The maximum atomic E-state index is 2.38. The molecule has 0 saturated heterocycles. The standard InChI is InChI=1S/C60H54N2/c1-59(2,3)49-31-39-53(40-32-49)61(57-19-11-15-47-13-7-9-17-55(47)57)51-35-25-44(26-36-51)22-21-43-23-27-45(28-24-43)46-29-37-52(38-30-46)62(54-41-33-50(34-42-54)60(4,5)6)58-20-12-16-48-14-8-10-18-56(48)58/h7-42H,1-6H3. The number of benzene rings is 9. The highest BCUT2D eigenvalue weighted by Gasteiger charge is 2.20. The number of fused-ring (bicyclic) bond motifs is 2. The zero-order chi connectivity index (χ0) is 42.8. The molecule has 0 fully saturated rings. The zero-order valence-electron chi connectivity index (χ0n) is 36.7. The fourth-order valence-corrected chi connectivity index (χ4v) is 8.40. The van der Waals surface area contributed by atoms with Gasteiger partial charge in [-0.2, -0.15) is 0 Å². The van der Waals surface area contributed by atoms with E-state index >= 15 is 0 Å². The Hall–Kier alpha value is -7.16. The summed E-state index contributed by atoms with van der Waals surface area (Å²) in [7, 11) is 0. The van der Waals surface area contributed by atoms with Gasteiger partial charge in [0.2, 0.25) is 0 Å². The van der Waals surface area contributed by atoms with Crippen LogP contribution in [0.5, 0.6) is 0 Å². The van der Waals surface area contributed by atoms with Crippen molar-refractivity contribution >= 4 is 67.8 Å². The highest BCUT2D eigenvalue weighted by Crippen LogP contribution is 2.42. The second-order valence-electron chi connectivity index (χ2n) is 18.4. The van der Waals surface area contributed by atoms with Crippen LogP contribution in [0.15, 0.2) is 206 Å². The minimum atomic E-state index is 0.0864. The van der Waals surface area contributed by atoms with E-state index in [1.807, 2.05) is 0 Å². The fourth-order valence-electron chi connectivity index (χ4n) is 8.40. The van der Waals surface area contributed by atoms with E-state index in [4.69, 9.17) is 0 Å². The predicted octanol–water partition coefficient (Wildman–Crippen LogP) is 17.4. The van der Waals surface area contributed by atoms with Gasteiger partial charge in [-0.15, -0.1) is 0 Å². The monoisotopic (exact) mass is 802 g/mol. The quantitative estimate of drug-likeness (QED) is 0.134. The van der Waals surface area contributed by atoms with E-state index in [2.05, 4.69) is 270 Å². The van der Waals surface area contributed by atoms with Gasteiger partial charge in [0.1, 0.15) is 0 Å². The summed E-state index contributed by atoms with van der Waals surface area (Å²) >= 11 is 0. The number of nitrogens with zero attached hydrogens (tertiary/aromatic N) is 2. The van der Waals surface area contributed by atoms with Crippen molar-refractivity contribution in [2.45, 2.75) is 52.4 Å². The first-order valence-electron chi connectivity index (χ1n) is 21.8. The lowest BCUT2D eigenvalue weighted by Gasteiger charge is -2.28. The van der Waals surface area contributed by atoms with E-state index in [9.17, 15) is 0 Å². The first-order valence-corrected chi connectivity index (χ1v) is 21.8. The van der Waals surface area contributed by atoms with Crippen LogP contribution in [0.1, 0.15) is 63.8 Å². The van der Waals surface area contributed by atoms with Crippen molar-refractivity contribution < 1.29 is 0 Å². The molecular weight excluding hydrogens is 749 g/mol. The average Bonchev–Trinajstić information content (AvgIpc) is 3.29. The SMILES string of the molecule is CC(C)(C)c1ccc(N(c2ccc(C=Cc3ccc(-c4ccc(N(c5ccc(C(C)(C)C)cc5)c5cccc6ccccc56)cc4)cc3)cc2)c2cccc3ccccc23)cc1. The summed E-state index contributed by atoms with van der Waals surface area (Å²) in [6.45, 7) is 13.6. The Bertz CT molecular complexity index is 2970. The second kappa shape index (κ2) is 16.7. The Kier molecular flexibility index (Phi) is 10.9. The summed E-state index contributed by atoms with van der Waals surface area (Å²) in [5, 5.41) is 4.90. The minimum Gasteiger partial charge on any atom is -0.310 e. The third-order valence-corrected chi connectivity index (χ3v) is 12.0. The van der Waals surface area contributed by atoms with Crippen LogP contribution < -0.4 is 9.80 Å². The molecule has 0 aliphatic heterocycles. The van der Waals surface area contributed by atoms with Gasteiger partial charge in [0, 0.05) is 33.5 Å². The lowest BCUT2D eigenvalue weighted by molar-refractivity contribution is 0.590. The molecule has 62 heavy (non-hydrogen) atoms. The minimum absolute atomic E-state index is 0.0864. The van der Waals surface area contributed by atoms with E-state index < -0.39 is 0 Å². The maximum absolute atomic E-state index is 2.38. The summed E-state index contributed by atoms with van der Waals surface area (Å²) in [5.74, 6) is 0. The lowest BCUT2D eigenvalue weighted by Crippen LogP contribution is -2.13. The molecule has 0 N–H and O–H groups in total. The Morgan fingerprint density at radius 3 is 1.00 bits per heavy atom. The molecule has 0 saturated carbocycles. The largest absolute Gasteiger partial charge is 0.310 e. The van der Waals surface area contributed by atoms with Crippen LogP contribution in [0.2, 0.25) is 0 Å². The zero-order valence-corrected chi connectivity index (χ0v) is 36.7. The number of anilines is 6. The van der Waals surface area contributed by atoms with Gasteiger partial charge >= 0.3 is 0 Å². The third-order valence-electron chi connectivity index (χ3n) is 12.0. The third kappa shape index (κ3) is 8.42. The second-order valence-corrected chi connectivity index (χ2v) is 18.4. The van der Waals surface area contributed by atoms with Crippen LogP contribution in [0.3, 0.4) is 0 Å². The molecule has 2 heteroatoms. The van der Waals surface area contributed by atoms with Crippen molar-refractivity contribution in [1.29, 1.82) is 0 Å². The van der Waals surface area contributed by atoms with E-state index in [0.29, 0.717) is 0 Å². The summed E-state index contributed by atoms with van der Waals surface area (Å²) < 4.78 is 0. The van der Waals surface area contributed by atoms with Gasteiger partial charge in [0.05, 0.1) is 11.4 Å². The van der Waals surface area contributed by atoms with E-state index in [-0.39, 0.29) is 10.8 Å². The van der Waals surface area contributed by atoms with Gasteiger partial charge in [-0.3, -0.25) is 0 Å². The predicted molar refractivity (Wildman–Crippen MR) is 269 cm³/mol. The van der Waals surface area contributed by atoms with Gasteiger partial charge < -0.3 is 9.80 Å². The van der Waals surface area contributed by atoms with Crippen molar-refractivity contribution in [3.63, 3.8) is 0 Å². The Morgan fingerprint density at radius 1 is 0.306 bits per heavy atom. The molecule has 0 aliphatic rings. The van der Waals surface area contributed by atoms with Crippen LogP contribution in [-0.2, 0) is 10.8 Å². The summed E-state index contributed by atoms with van der Waals surface area (Å²) in [6, 6.07) is 75.2. The van der Waals surface area contributed by atoms with E-state index in [1.54, 1.807) is 0 Å². The molecule has 0 aromatic heterocycles. The van der Waals surface area contributed by atoms with Crippen molar-refractivity contribution in [3.8, 4) is 11.1 Å². The normalized spacial score (nSPS) is 12.0. The Balaban J connectivity index is 0.955. The van der Waals surface area contributed by atoms with Crippen LogP contribution in [0.4, 0.5) is 34.1 Å². The molecule has 0 atom stereocenters. The molecule has 0 unspecified atom stereocenters. The van der Waals surface area contributed by atoms with Crippen LogP contribution in [0.25, 0.3) is 44.8 Å². The first kappa shape index (κ1) is 40.3. The smallest absolute Gasteiger partial charge is 0.0540 e. The van der Waals surface area contributed by atoms with Gasteiger partial charge in [-0.1, -0.05) is 199 Å². The lowest BCUT2D eigenvalue weighted by atomic mass is 9.87. The number of hydrogen-bond acceptors (Lipinski definition) is 2. The summed E-state index contributed by atoms with van der Waals surface area (Å²) in [5.41, 5.74) is 14.4. The summed E-state index contributed by atoms with van der Waals surface area (Å²) in [4.78, 5) is 4.75. The van der Waals surface area contributed by atoms with Crippen LogP contribution in [-0.4, -0.2) is 0 Å². The van der Waals surface area contributed by atoms with Gasteiger partial charge in [-0.05, 0) is 116 Å². The molecule has 0 amide bonds. The van der Waals surface area contributed by atoms with E-state index in [1.165, 1.54) is 43.8 Å². The van der Waals surface area contributed by atoms with Gasteiger partial charge in [0.25, 0.3) is 0 Å². The molecule has 2 nitrogen and oxygen atoms in total. The maximum Gasteiger partial charge on any atom is 0.0540 e. The molecule has 304 valence electrons. The van der Waals surface area contributed by atoms with Gasteiger partial charge in [-0.25, -0.2) is 0 Å². The molecule has 0 spiro atoms. The highest BCUT2D eigenvalue weighted by molar-refractivity contribution is 6.00. The molecule has 9 rings (SSSR count). The molecule has 0 radical (unpaired) electrons. The number of hydrogen-bond donors (Lipinski definition) is 0. The number of rotatable bonds is 9. The van der Waals surface area contributed by atoms with Crippen molar-refractivity contribution in [2.24, 2.45) is 0 Å². The highest BCUT2D eigenvalue weighted by atomic mass is 15.1. The molecular formula is C60H54N2. The van der Waals surface area contributed by atoms with Crippen molar-refractivity contribution in [2.75, 3.05) is 9.80 Å². The Labute approximate surface area is 368 Å². The topological polar surface area (TPSA) is 6.48 Å². The molecule has 0 bridgehead atoms. The summed E-state index contributed by atoms with van der Waals surface area (Å²) in [6.07, 6.45) is 4.40. The molecule has 9 aromatic rings. The van der Waals surface area contributed by atoms with E-state index in [0.717, 1.165) is 45.3 Å². The fraction of sp³-hybridized carbons (Fsp3) is 0.133. The van der Waals surface area contributed by atoms with Gasteiger partial charge in [0.15, 0.2) is 0 Å². The van der Waals surface area contributed by atoms with Crippen LogP contribution >= 0.6 is 0 Å².